The third-order valence-electron chi connectivity index (χ3n) is 3.61. The lowest BCUT2D eigenvalue weighted by atomic mass is 10.0. The van der Waals surface area contributed by atoms with Gasteiger partial charge in [-0.15, -0.1) is 0 Å². The number of nitriles is 1. The quantitative estimate of drug-likeness (QED) is 0.784. The number of nitrogens with zero attached hydrogens (tertiary/aromatic N) is 2. The first-order chi connectivity index (χ1) is 9.67. The van der Waals surface area contributed by atoms with Crippen LogP contribution in [0.4, 0.5) is 5.69 Å². The van der Waals surface area contributed by atoms with Crippen molar-refractivity contribution in [3.05, 3.63) is 29.8 Å². The highest BCUT2D eigenvalue weighted by atomic mass is 15.1. The number of nitrogens with one attached hydrogen (secondary N) is 1. The Balaban J connectivity index is 3.06. The van der Waals surface area contributed by atoms with Crippen molar-refractivity contribution in [2.45, 2.75) is 40.2 Å². The third kappa shape index (κ3) is 4.25. The van der Waals surface area contributed by atoms with Gasteiger partial charge in [0, 0.05) is 24.8 Å². The summed E-state index contributed by atoms with van der Waals surface area (Å²) < 4.78 is 0. The van der Waals surface area contributed by atoms with Crippen LogP contribution >= 0.6 is 0 Å². The molecule has 1 aromatic carbocycles. The first-order valence-electron chi connectivity index (χ1n) is 7.64. The van der Waals surface area contributed by atoms with Crippen molar-refractivity contribution in [2.24, 2.45) is 5.92 Å². The van der Waals surface area contributed by atoms with Crippen LogP contribution in [0.5, 0.6) is 0 Å². The van der Waals surface area contributed by atoms with E-state index in [0.29, 0.717) is 6.04 Å². The van der Waals surface area contributed by atoms with Gasteiger partial charge in [0.15, 0.2) is 0 Å². The normalized spacial score (nSPS) is 13.6. The van der Waals surface area contributed by atoms with Crippen LogP contribution < -0.4 is 10.2 Å². The Labute approximate surface area is 123 Å². The minimum atomic E-state index is 0.0437. The molecule has 0 fully saturated rings. The Bertz CT molecular complexity index is 436. The van der Waals surface area contributed by atoms with E-state index in [1.54, 1.807) is 0 Å². The van der Waals surface area contributed by atoms with Gasteiger partial charge >= 0.3 is 0 Å². The van der Waals surface area contributed by atoms with Gasteiger partial charge in [0.25, 0.3) is 0 Å². The zero-order valence-corrected chi connectivity index (χ0v) is 13.2. The van der Waals surface area contributed by atoms with Gasteiger partial charge in [-0.3, -0.25) is 0 Å². The molecule has 0 saturated carbocycles. The Morgan fingerprint density at radius 2 is 1.95 bits per heavy atom. The number of benzene rings is 1. The Kier molecular flexibility index (Phi) is 7.11. The summed E-state index contributed by atoms with van der Waals surface area (Å²) in [7, 11) is 0. The molecule has 0 radical (unpaired) electrons. The van der Waals surface area contributed by atoms with Crippen molar-refractivity contribution in [1.82, 2.24) is 5.32 Å². The van der Waals surface area contributed by atoms with Gasteiger partial charge in [-0.05, 0) is 38.4 Å². The van der Waals surface area contributed by atoms with Crippen molar-refractivity contribution in [1.29, 1.82) is 5.26 Å². The molecule has 3 nitrogen and oxygen atoms in total. The summed E-state index contributed by atoms with van der Waals surface area (Å²) in [5, 5.41) is 12.6. The van der Waals surface area contributed by atoms with Gasteiger partial charge in [-0.25, -0.2) is 0 Å². The van der Waals surface area contributed by atoms with Crippen LogP contribution in [-0.4, -0.2) is 19.6 Å². The highest BCUT2D eigenvalue weighted by molar-refractivity contribution is 5.55. The first-order valence-corrected chi connectivity index (χ1v) is 7.64. The molecule has 2 atom stereocenters. The second-order valence-corrected chi connectivity index (χ2v) is 5.15. The second kappa shape index (κ2) is 8.60. The maximum atomic E-state index is 9.05. The highest BCUT2D eigenvalue weighted by Crippen LogP contribution is 2.28. The topological polar surface area (TPSA) is 39.1 Å². The SMILES string of the molecule is CCNC(CC)c1ccccc1N(CC)CC(C)C#N. The molecule has 1 N–H and O–H groups in total. The molecule has 0 aliphatic heterocycles. The number of hydrogen-bond donors (Lipinski definition) is 1. The average Bonchev–Trinajstić information content (AvgIpc) is 2.50. The van der Waals surface area contributed by atoms with E-state index in [1.807, 2.05) is 6.92 Å². The molecule has 20 heavy (non-hydrogen) atoms. The van der Waals surface area contributed by atoms with Gasteiger partial charge in [-0.1, -0.05) is 32.0 Å². The maximum absolute atomic E-state index is 9.05. The molecule has 0 spiro atoms. The fraction of sp³-hybridized carbons (Fsp3) is 0.588. The Morgan fingerprint density at radius 3 is 2.50 bits per heavy atom. The van der Waals surface area contributed by atoms with Crippen molar-refractivity contribution in [3.8, 4) is 6.07 Å². The zero-order chi connectivity index (χ0) is 15.0. The van der Waals surface area contributed by atoms with Crippen LogP contribution in [0, 0.1) is 17.2 Å². The molecule has 1 aromatic rings. The van der Waals surface area contributed by atoms with Gasteiger partial charge in [0.05, 0.1) is 12.0 Å². The van der Waals surface area contributed by atoms with Crippen LogP contribution in [-0.2, 0) is 0 Å². The monoisotopic (exact) mass is 273 g/mol. The van der Waals surface area contributed by atoms with Crippen LogP contribution in [0.2, 0.25) is 0 Å². The van der Waals surface area contributed by atoms with Crippen molar-refractivity contribution >= 4 is 5.69 Å². The molecule has 0 aromatic heterocycles. The standard InChI is InChI=1S/C17H27N3/c1-5-16(19-6-2)15-10-8-9-11-17(15)20(7-3)13-14(4)12-18/h8-11,14,16,19H,5-7,13H2,1-4H3. The van der Waals surface area contributed by atoms with Crippen LogP contribution in [0.15, 0.2) is 24.3 Å². The van der Waals surface area contributed by atoms with Crippen LogP contribution in [0.1, 0.15) is 45.7 Å². The smallest absolute Gasteiger partial charge is 0.0671 e. The summed E-state index contributed by atoms with van der Waals surface area (Å²) in [6, 6.07) is 11.3. The van der Waals surface area contributed by atoms with Gasteiger partial charge in [-0.2, -0.15) is 5.26 Å². The lowest BCUT2D eigenvalue weighted by molar-refractivity contribution is 0.535. The molecular weight excluding hydrogens is 246 g/mol. The summed E-state index contributed by atoms with van der Waals surface area (Å²) in [5.41, 5.74) is 2.59. The van der Waals surface area contributed by atoms with E-state index in [4.69, 9.17) is 5.26 Å². The molecule has 0 aliphatic carbocycles. The lowest BCUT2D eigenvalue weighted by Crippen LogP contribution is -2.30. The predicted octanol–water partition coefficient (Wildman–Crippen LogP) is 3.73. The third-order valence-corrected chi connectivity index (χ3v) is 3.61. The van der Waals surface area contributed by atoms with Crippen molar-refractivity contribution in [2.75, 3.05) is 24.5 Å². The van der Waals surface area contributed by atoms with E-state index < -0.39 is 0 Å². The van der Waals surface area contributed by atoms with Crippen molar-refractivity contribution < 1.29 is 0 Å². The summed E-state index contributed by atoms with van der Waals surface area (Å²) >= 11 is 0. The molecule has 2 unspecified atom stereocenters. The molecule has 0 amide bonds. The van der Waals surface area contributed by atoms with E-state index in [0.717, 1.165) is 26.1 Å². The Hall–Kier alpha value is -1.53. The van der Waals surface area contributed by atoms with E-state index in [1.165, 1.54) is 11.3 Å². The molecule has 0 saturated heterocycles. The second-order valence-electron chi connectivity index (χ2n) is 5.15. The average molecular weight is 273 g/mol. The zero-order valence-electron chi connectivity index (χ0n) is 13.2. The van der Waals surface area contributed by atoms with Gasteiger partial charge < -0.3 is 10.2 Å². The highest BCUT2D eigenvalue weighted by Gasteiger charge is 2.17. The van der Waals surface area contributed by atoms with Crippen molar-refractivity contribution in [3.63, 3.8) is 0 Å². The molecule has 3 heteroatoms. The summed E-state index contributed by atoms with van der Waals surface area (Å²) in [6.45, 7) is 11.1. The van der Waals surface area contributed by atoms with Crippen LogP contribution in [0.3, 0.4) is 0 Å². The maximum Gasteiger partial charge on any atom is 0.0671 e. The minimum absolute atomic E-state index is 0.0437. The number of rotatable bonds is 8. The fourth-order valence-electron chi connectivity index (χ4n) is 2.56. The lowest BCUT2D eigenvalue weighted by Gasteiger charge is -2.29. The molecule has 1 rings (SSSR count). The van der Waals surface area contributed by atoms with E-state index in [9.17, 15) is 0 Å². The largest absolute Gasteiger partial charge is 0.370 e. The number of anilines is 1. The first kappa shape index (κ1) is 16.5. The molecule has 0 bridgehead atoms. The van der Waals surface area contributed by atoms with Gasteiger partial charge in [0.1, 0.15) is 0 Å². The number of hydrogen-bond acceptors (Lipinski definition) is 3. The summed E-state index contributed by atoms with van der Waals surface area (Å²) in [5.74, 6) is 0.0437. The molecular formula is C17H27N3. The van der Waals surface area contributed by atoms with Crippen LogP contribution in [0.25, 0.3) is 0 Å². The summed E-state index contributed by atoms with van der Waals surface area (Å²) in [6.07, 6.45) is 1.07. The fourth-order valence-corrected chi connectivity index (χ4v) is 2.56. The predicted molar refractivity (Wildman–Crippen MR) is 85.8 cm³/mol. The van der Waals surface area contributed by atoms with Gasteiger partial charge in [0.2, 0.25) is 0 Å². The minimum Gasteiger partial charge on any atom is -0.370 e. The Morgan fingerprint density at radius 1 is 1.25 bits per heavy atom. The molecule has 0 heterocycles. The molecule has 110 valence electrons. The number of para-hydroxylation sites is 1. The van der Waals surface area contributed by atoms with E-state index >= 15 is 0 Å². The van der Waals surface area contributed by atoms with E-state index in [2.05, 4.69) is 61.3 Å². The molecule has 0 aliphatic rings. The summed E-state index contributed by atoms with van der Waals surface area (Å²) in [4.78, 5) is 2.31. The van der Waals surface area contributed by atoms with E-state index in [-0.39, 0.29) is 5.92 Å².